The molecule has 0 unspecified atom stereocenters. The Morgan fingerprint density at radius 1 is 1.35 bits per heavy atom. The van der Waals surface area contributed by atoms with E-state index >= 15 is 0 Å². The van der Waals surface area contributed by atoms with Gasteiger partial charge in [-0.2, -0.15) is 0 Å². The first-order valence-corrected chi connectivity index (χ1v) is 5.48. The number of hydrogen-bond donors (Lipinski definition) is 2. The molecule has 3 N–H and O–H groups in total. The van der Waals surface area contributed by atoms with Gasteiger partial charge in [-0.05, 0) is 25.0 Å². The van der Waals surface area contributed by atoms with E-state index in [2.05, 4.69) is 5.32 Å². The van der Waals surface area contributed by atoms with Gasteiger partial charge in [-0.3, -0.25) is 4.79 Å². The van der Waals surface area contributed by atoms with Crippen molar-refractivity contribution in [2.75, 3.05) is 5.32 Å². The molecule has 1 aromatic carbocycles. The van der Waals surface area contributed by atoms with Gasteiger partial charge < -0.3 is 11.1 Å². The minimum Gasteiger partial charge on any atom is -0.322 e. The molecule has 0 aliphatic heterocycles. The van der Waals surface area contributed by atoms with E-state index in [-0.39, 0.29) is 5.69 Å². The summed E-state index contributed by atoms with van der Waals surface area (Å²) in [4.78, 5) is 11.8. The predicted octanol–water partition coefficient (Wildman–Crippen LogP) is 2.42. The molecule has 5 heteroatoms. The SMILES string of the molecule is CCC(N)(CC)C(=O)Nc1ccc(F)cc1F. The Morgan fingerprint density at radius 3 is 2.41 bits per heavy atom. The molecule has 1 amide bonds. The molecule has 0 aromatic heterocycles. The van der Waals surface area contributed by atoms with Crippen LogP contribution in [0, 0.1) is 11.6 Å². The first kappa shape index (κ1) is 13.6. The van der Waals surface area contributed by atoms with Gasteiger partial charge in [-0.25, -0.2) is 8.78 Å². The highest BCUT2D eigenvalue weighted by atomic mass is 19.1. The molecule has 17 heavy (non-hydrogen) atoms. The van der Waals surface area contributed by atoms with Crippen LogP contribution in [0.1, 0.15) is 26.7 Å². The molecule has 0 radical (unpaired) electrons. The fourth-order valence-electron chi connectivity index (χ4n) is 1.41. The zero-order valence-corrected chi connectivity index (χ0v) is 9.89. The Hall–Kier alpha value is -1.49. The van der Waals surface area contributed by atoms with E-state index in [1.807, 2.05) is 0 Å². The third-order valence-electron chi connectivity index (χ3n) is 2.89. The van der Waals surface area contributed by atoms with Gasteiger partial charge in [0, 0.05) is 6.07 Å². The minimum atomic E-state index is -1.03. The highest BCUT2D eigenvalue weighted by Crippen LogP contribution is 2.19. The number of rotatable bonds is 4. The highest BCUT2D eigenvalue weighted by Gasteiger charge is 2.30. The Balaban J connectivity index is 2.88. The third kappa shape index (κ3) is 3.00. The highest BCUT2D eigenvalue weighted by molar-refractivity contribution is 5.97. The van der Waals surface area contributed by atoms with Crippen molar-refractivity contribution >= 4 is 11.6 Å². The fourth-order valence-corrected chi connectivity index (χ4v) is 1.41. The lowest BCUT2D eigenvalue weighted by molar-refractivity contribution is -0.121. The van der Waals surface area contributed by atoms with Crippen LogP contribution in [0.25, 0.3) is 0 Å². The van der Waals surface area contributed by atoms with E-state index in [1.165, 1.54) is 6.07 Å². The maximum absolute atomic E-state index is 13.3. The molecule has 0 atom stereocenters. The van der Waals surface area contributed by atoms with E-state index < -0.39 is 23.1 Å². The van der Waals surface area contributed by atoms with Gasteiger partial charge in [0.05, 0.1) is 11.2 Å². The van der Waals surface area contributed by atoms with Crippen LogP contribution in [0.5, 0.6) is 0 Å². The number of nitrogens with one attached hydrogen (secondary N) is 1. The second-order valence-electron chi connectivity index (χ2n) is 3.94. The molecule has 0 spiro atoms. The van der Waals surface area contributed by atoms with Gasteiger partial charge in [0.25, 0.3) is 0 Å². The molecule has 0 fully saturated rings. The van der Waals surface area contributed by atoms with Gasteiger partial charge >= 0.3 is 0 Å². The fraction of sp³-hybridized carbons (Fsp3) is 0.417. The molecular formula is C12H16F2N2O. The number of carbonyl (C=O) groups is 1. The van der Waals surface area contributed by atoms with Crippen molar-refractivity contribution in [3.8, 4) is 0 Å². The second kappa shape index (κ2) is 5.23. The molecule has 0 aliphatic carbocycles. The van der Waals surface area contributed by atoms with Crippen LogP contribution in [0.3, 0.4) is 0 Å². The van der Waals surface area contributed by atoms with Crippen molar-refractivity contribution in [3.05, 3.63) is 29.8 Å². The first-order valence-electron chi connectivity index (χ1n) is 5.48. The first-order chi connectivity index (χ1) is 7.92. The Bertz CT molecular complexity index is 417. The number of benzene rings is 1. The van der Waals surface area contributed by atoms with Crippen molar-refractivity contribution in [1.29, 1.82) is 0 Å². The van der Waals surface area contributed by atoms with Crippen molar-refractivity contribution < 1.29 is 13.6 Å². The molecular weight excluding hydrogens is 226 g/mol. The maximum atomic E-state index is 13.3. The Kier molecular flexibility index (Phi) is 4.17. The summed E-state index contributed by atoms with van der Waals surface area (Å²) < 4.78 is 26.0. The van der Waals surface area contributed by atoms with E-state index in [0.717, 1.165) is 6.07 Å². The lowest BCUT2D eigenvalue weighted by atomic mass is 9.93. The summed E-state index contributed by atoms with van der Waals surface area (Å²) in [6.45, 7) is 3.56. The topological polar surface area (TPSA) is 55.1 Å². The van der Waals surface area contributed by atoms with Gasteiger partial charge in [0.15, 0.2) is 0 Å². The van der Waals surface area contributed by atoms with Crippen LogP contribution < -0.4 is 11.1 Å². The maximum Gasteiger partial charge on any atom is 0.244 e. The molecule has 1 rings (SSSR count). The second-order valence-corrected chi connectivity index (χ2v) is 3.94. The molecule has 0 saturated carbocycles. The normalized spacial score (nSPS) is 11.4. The molecule has 0 bridgehead atoms. The Morgan fingerprint density at radius 2 is 1.94 bits per heavy atom. The van der Waals surface area contributed by atoms with Crippen LogP contribution in [0.4, 0.5) is 14.5 Å². The van der Waals surface area contributed by atoms with Crippen LogP contribution in [-0.2, 0) is 4.79 Å². The van der Waals surface area contributed by atoms with Crippen molar-refractivity contribution in [2.24, 2.45) is 5.73 Å². The molecule has 0 heterocycles. The third-order valence-corrected chi connectivity index (χ3v) is 2.89. The summed E-state index contributed by atoms with van der Waals surface area (Å²) in [5, 5.41) is 2.37. The molecule has 0 saturated heterocycles. The number of nitrogens with two attached hydrogens (primary N) is 1. The van der Waals surface area contributed by atoms with E-state index in [4.69, 9.17) is 5.73 Å². The average Bonchev–Trinajstić information content (AvgIpc) is 2.31. The van der Waals surface area contributed by atoms with Crippen molar-refractivity contribution in [1.82, 2.24) is 0 Å². The summed E-state index contributed by atoms with van der Waals surface area (Å²) in [7, 11) is 0. The number of amides is 1. The number of halogens is 2. The van der Waals surface area contributed by atoms with Crippen molar-refractivity contribution in [3.63, 3.8) is 0 Å². The Labute approximate surface area is 99.0 Å². The van der Waals surface area contributed by atoms with Crippen molar-refractivity contribution in [2.45, 2.75) is 32.2 Å². The van der Waals surface area contributed by atoms with E-state index in [1.54, 1.807) is 13.8 Å². The predicted molar refractivity (Wildman–Crippen MR) is 62.5 cm³/mol. The summed E-state index contributed by atoms with van der Waals surface area (Å²) >= 11 is 0. The summed E-state index contributed by atoms with van der Waals surface area (Å²) in [5.74, 6) is -1.97. The lowest BCUT2D eigenvalue weighted by Gasteiger charge is -2.25. The summed E-state index contributed by atoms with van der Waals surface area (Å²) in [5.41, 5.74) is 4.77. The molecule has 3 nitrogen and oxygen atoms in total. The molecule has 94 valence electrons. The van der Waals surface area contributed by atoms with E-state index in [9.17, 15) is 13.6 Å². The number of carbonyl (C=O) groups excluding carboxylic acids is 1. The zero-order valence-electron chi connectivity index (χ0n) is 9.89. The summed E-state index contributed by atoms with van der Waals surface area (Å²) in [6, 6.07) is 2.97. The molecule has 0 aliphatic rings. The zero-order chi connectivity index (χ0) is 13.1. The number of hydrogen-bond acceptors (Lipinski definition) is 2. The van der Waals surface area contributed by atoms with Crippen LogP contribution in [0.15, 0.2) is 18.2 Å². The largest absolute Gasteiger partial charge is 0.322 e. The quantitative estimate of drug-likeness (QED) is 0.852. The average molecular weight is 242 g/mol. The lowest BCUT2D eigenvalue weighted by Crippen LogP contribution is -2.50. The van der Waals surface area contributed by atoms with Crippen LogP contribution in [0.2, 0.25) is 0 Å². The summed E-state index contributed by atoms with van der Waals surface area (Å²) in [6.07, 6.45) is 0.885. The van der Waals surface area contributed by atoms with Crippen LogP contribution in [-0.4, -0.2) is 11.4 Å². The van der Waals surface area contributed by atoms with Gasteiger partial charge in [-0.1, -0.05) is 13.8 Å². The monoisotopic (exact) mass is 242 g/mol. The van der Waals surface area contributed by atoms with E-state index in [0.29, 0.717) is 18.9 Å². The van der Waals surface area contributed by atoms with Crippen LogP contribution >= 0.6 is 0 Å². The smallest absolute Gasteiger partial charge is 0.244 e. The molecule has 1 aromatic rings. The minimum absolute atomic E-state index is 0.0619. The number of anilines is 1. The van der Waals surface area contributed by atoms with Gasteiger partial charge in [0.2, 0.25) is 5.91 Å². The van der Waals surface area contributed by atoms with Gasteiger partial charge in [0.1, 0.15) is 11.6 Å². The van der Waals surface area contributed by atoms with Gasteiger partial charge in [-0.15, -0.1) is 0 Å². The standard InChI is InChI=1S/C12H16F2N2O/c1-3-12(15,4-2)11(17)16-10-6-5-8(13)7-9(10)14/h5-7H,3-4,15H2,1-2H3,(H,16,17).